The first-order valence-electron chi connectivity index (χ1n) is 4.11. The predicted octanol–water partition coefficient (Wildman–Crippen LogP) is 1.76. The molecule has 12 heavy (non-hydrogen) atoms. The summed E-state index contributed by atoms with van der Waals surface area (Å²) in [7, 11) is 0. The Kier molecular flexibility index (Phi) is 1.57. The third-order valence-corrected chi connectivity index (χ3v) is 2.05. The number of benzene rings is 1. The van der Waals surface area contributed by atoms with E-state index in [1.807, 2.05) is 16.8 Å². The van der Waals surface area contributed by atoms with E-state index in [2.05, 4.69) is 30.2 Å². The van der Waals surface area contributed by atoms with Crippen LogP contribution in [0.3, 0.4) is 0 Å². The molecule has 2 rings (SSSR count). The summed E-state index contributed by atoms with van der Waals surface area (Å²) in [6.07, 6.45) is 0. The van der Waals surface area contributed by atoms with E-state index in [4.69, 9.17) is 0 Å². The van der Waals surface area contributed by atoms with E-state index in [9.17, 15) is 0 Å². The minimum atomic E-state index is 0.875. The first-order valence-corrected chi connectivity index (χ1v) is 4.11. The maximum absolute atomic E-state index is 4.10. The smallest absolute Gasteiger partial charge is 0.116 e. The van der Waals surface area contributed by atoms with Gasteiger partial charge in [-0.2, -0.15) is 0 Å². The second-order valence-corrected chi connectivity index (χ2v) is 2.85. The molecule has 0 fully saturated rings. The van der Waals surface area contributed by atoms with E-state index in [0.717, 1.165) is 17.6 Å². The molecule has 0 unspecified atom stereocenters. The van der Waals surface area contributed by atoms with E-state index < -0.39 is 0 Å². The van der Waals surface area contributed by atoms with Crippen molar-refractivity contribution in [3.8, 4) is 0 Å². The molecule has 0 aliphatic carbocycles. The Hall–Kier alpha value is -1.38. The lowest BCUT2D eigenvalue weighted by atomic mass is 10.2. The van der Waals surface area contributed by atoms with Crippen LogP contribution in [0.1, 0.15) is 12.5 Å². The van der Waals surface area contributed by atoms with Crippen molar-refractivity contribution in [3.05, 3.63) is 23.8 Å². The molecule has 1 aromatic carbocycles. The predicted molar refractivity (Wildman–Crippen MR) is 47.9 cm³/mol. The highest BCUT2D eigenvalue weighted by Gasteiger charge is 2.03. The van der Waals surface area contributed by atoms with Crippen LogP contribution in [0.4, 0.5) is 0 Å². The van der Waals surface area contributed by atoms with Gasteiger partial charge in [0.1, 0.15) is 5.52 Å². The summed E-state index contributed by atoms with van der Waals surface area (Å²) in [6, 6.07) is 6.13. The zero-order chi connectivity index (χ0) is 8.55. The molecule has 0 bridgehead atoms. The number of hydrogen-bond acceptors (Lipinski definition) is 2. The van der Waals surface area contributed by atoms with E-state index in [0.29, 0.717) is 0 Å². The average molecular weight is 161 g/mol. The van der Waals surface area contributed by atoms with Crippen LogP contribution in [0.5, 0.6) is 0 Å². The number of aryl methyl sites for hydroxylation is 2. The summed E-state index contributed by atoms with van der Waals surface area (Å²) >= 11 is 0. The average Bonchev–Trinajstić information content (AvgIpc) is 2.49. The molecule has 0 atom stereocenters. The van der Waals surface area contributed by atoms with Crippen molar-refractivity contribution < 1.29 is 0 Å². The molecule has 2 aromatic rings. The molecule has 0 radical (unpaired) electrons. The van der Waals surface area contributed by atoms with Crippen molar-refractivity contribution in [2.75, 3.05) is 0 Å². The highest BCUT2D eigenvalue weighted by atomic mass is 15.4. The van der Waals surface area contributed by atoms with E-state index in [1.54, 1.807) is 0 Å². The van der Waals surface area contributed by atoms with Crippen LogP contribution in [0, 0.1) is 6.92 Å². The third-order valence-electron chi connectivity index (χ3n) is 2.05. The van der Waals surface area contributed by atoms with Crippen molar-refractivity contribution in [2.45, 2.75) is 20.4 Å². The van der Waals surface area contributed by atoms with Gasteiger partial charge in [0, 0.05) is 6.54 Å². The molecule has 0 amide bonds. The molecule has 0 N–H and O–H groups in total. The molecular formula is C9H11N3. The number of rotatable bonds is 1. The number of fused-ring (bicyclic) bond motifs is 1. The first kappa shape index (κ1) is 7.28. The van der Waals surface area contributed by atoms with Gasteiger partial charge in [0.25, 0.3) is 0 Å². The Morgan fingerprint density at radius 3 is 3.00 bits per heavy atom. The summed E-state index contributed by atoms with van der Waals surface area (Å²) in [5, 5.41) is 8.14. The Morgan fingerprint density at radius 2 is 2.25 bits per heavy atom. The zero-order valence-corrected chi connectivity index (χ0v) is 7.28. The van der Waals surface area contributed by atoms with Crippen molar-refractivity contribution in [1.29, 1.82) is 0 Å². The molecule has 3 heteroatoms. The minimum absolute atomic E-state index is 0.875. The SMILES string of the molecule is CCn1nnc2c(C)cccc21. The molecular weight excluding hydrogens is 150 g/mol. The van der Waals surface area contributed by atoms with Crippen molar-refractivity contribution in [1.82, 2.24) is 15.0 Å². The largest absolute Gasteiger partial charge is 0.245 e. The van der Waals surface area contributed by atoms with E-state index >= 15 is 0 Å². The fourth-order valence-electron chi connectivity index (χ4n) is 1.36. The lowest BCUT2D eigenvalue weighted by Gasteiger charge is -1.96. The minimum Gasteiger partial charge on any atom is -0.245 e. The van der Waals surface area contributed by atoms with Crippen LogP contribution in [-0.4, -0.2) is 15.0 Å². The maximum atomic E-state index is 4.10. The molecule has 0 aliphatic rings. The lowest BCUT2D eigenvalue weighted by molar-refractivity contribution is 0.646. The van der Waals surface area contributed by atoms with Gasteiger partial charge in [0.2, 0.25) is 0 Å². The van der Waals surface area contributed by atoms with E-state index in [1.165, 1.54) is 5.56 Å². The Balaban J connectivity index is 2.80. The number of nitrogens with zero attached hydrogens (tertiary/aromatic N) is 3. The molecule has 0 saturated heterocycles. The van der Waals surface area contributed by atoms with Gasteiger partial charge in [0.15, 0.2) is 0 Å². The topological polar surface area (TPSA) is 30.7 Å². The third kappa shape index (κ3) is 0.897. The fraction of sp³-hybridized carbons (Fsp3) is 0.333. The highest BCUT2D eigenvalue weighted by Crippen LogP contribution is 2.14. The molecule has 0 aliphatic heterocycles. The molecule has 62 valence electrons. The van der Waals surface area contributed by atoms with Gasteiger partial charge in [0.05, 0.1) is 5.52 Å². The summed E-state index contributed by atoms with van der Waals surface area (Å²) < 4.78 is 1.91. The summed E-state index contributed by atoms with van der Waals surface area (Å²) in [6.45, 7) is 4.99. The van der Waals surface area contributed by atoms with Crippen LogP contribution in [0.25, 0.3) is 11.0 Å². The van der Waals surface area contributed by atoms with Gasteiger partial charge >= 0.3 is 0 Å². The fourth-order valence-corrected chi connectivity index (χ4v) is 1.36. The van der Waals surface area contributed by atoms with Crippen molar-refractivity contribution in [3.63, 3.8) is 0 Å². The molecule has 3 nitrogen and oxygen atoms in total. The Morgan fingerprint density at radius 1 is 1.42 bits per heavy atom. The Bertz CT molecular complexity index is 403. The maximum Gasteiger partial charge on any atom is 0.116 e. The standard InChI is InChI=1S/C9H11N3/c1-3-12-8-6-4-5-7(2)9(8)10-11-12/h4-6H,3H2,1-2H3. The zero-order valence-electron chi connectivity index (χ0n) is 7.28. The van der Waals surface area contributed by atoms with Crippen LogP contribution >= 0.6 is 0 Å². The van der Waals surface area contributed by atoms with Crippen LogP contribution in [0.2, 0.25) is 0 Å². The second-order valence-electron chi connectivity index (χ2n) is 2.85. The summed E-state index contributed by atoms with van der Waals surface area (Å²) in [5.41, 5.74) is 3.32. The van der Waals surface area contributed by atoms with Gasteiger partial charge in [-0.3, -0.25) is 0 Å². The van der Waals surface area contributed by atoms with Gasteiger partial charge < -0.3 is 0 Å². The van der Waals surface area contributed by atoms with Gasteiger partial charge in [-0.25, -0.2) is 4.68 Å². The van der Waals surface area contributed by atoms with Gasteiger partial charge in [-0.05, 0) is 25.5 Å². The Labute approximate surface area is 71.0 Å². The normalized spacial score (nSPS) is 10.8. The van der Waals surface area contributed by atoms with Crippen molar-refractivity contribution in [2.24, 2.45) is 0 Å². The van der Waals surface area contributed by atoms with Crippen LogP contribution in [0.15, 0.2) is 18.2 Å². The van der Waals surface area contributed by atoms with E-state index in [-0.39, 0.29) is 0 Å². The lowest BCUT2D eigenvalue weighted by Crippen LogP contribution is -1.95. The first-order chi connectivity index (χ1) is 5.83. The van der Waals surface area contributed by atoms with Crippen LogP contribution in [-0.2, 0) is 6.54 Å². The molecule has 1 aromatic heterocycles. The summed E-state index contributed by atoms with van der Waals surface area (Å²) in [5.74, 6) is 0. The molecule has 1 heterocycles. The van der Waals surface area contributed by atoms with Crippen molar-refractivity contribution >= 4 is 11.0 Å². The van der Waals surface area contributed by atoms with Gasteiger partial charge in [-0.1, -0.05) is 17.3 Å². The van der Waals surface area contributed by atoms with Crippen LogP contribution < -0.4 is 0 Å². The number of aromatic nitrogens is 3. The quantitative estimate of drug-likeness (QED) is 0.638. The second kappa shape index (κ2) is 2.59. The summed E-state index contributed by atoms with van der Waals surface area (Å²) in [4.78, 5) is 0. The highest BCUT2D eigenvalue weighted by molar-refractivity contribution is 5.77. The number of hydrogen-bond donors (Lipinski definition) is 0. The monoisotopic (exact) mass is 161 g/mol. The molecule has 0 spiro atoms. The van der Waals surface area contributed by atoms with Gasteiger partial charge in [-0.15, -0.1) is 5.10 Å². The molecule has 0 saturated carbocycles.